The van der Waals surface area contributed by atoms with Crippen molar-refractivity contribution in [2.24, 2.45) is 0 Å². The molecule has 3 aromatic heterocycles. The van der Waals surface area contributed by atoms with Crippen molar-refractivity contribution in [3.63, 3.8) is 0 Å². The number of ether oxygens (including phenoxy) is 2. The molecule has 7 heteroatoms. The first-order chi connectivity index (χ1) is 22.8. The van der Waals surface area contributed by atoms with Crippen LogP contribution in [-0.2, 0) is 5.41 Å². The normalized spacial score (nSPS) is 11.8. The highest BCUT2D eigenvalue weighted by Crippen LogP contribution is 2.44. The van der Waals surface area contributed by atoms with Gasteiger partial charge in [-0.25, -0.2) is 9.97 Å². The largest absolute Gasteiger partial charge is 0.456 e. The maximum absolute atomic E-state index is 6.63. The lowest BCUT2D eigenvalue weighted by Crippen LogP contribution is -2.11. The number of hydrogen-bond acceptors (Lipinski definition) is 5. The van der Waals surface area contributed by atoms with Gasteiger partial charge in [-0.3, -0.25) is 4.57 Å². The molecule has 0 amide bonds. The molecule has 0 radical (unpaired) electrons. The maximum Gasteiger partial charge on any atom is 0.227 e. The zero-order valence-electron chi connectivity index (χ0n) is 26.1. The monoisotopic (exact) mass is 679 g/mol. The highest BCUT2D eigenvalue weighted by atomic mass is 79.9. The van der Waals surface area contributed by atoms with E-state index >= 15 is 0 Å². The summed E-state index contributed by atoms with van der Waals surface area (Å²) >= 11 is 3.80. The second-order valence-electron chi connectivity index (χ2n) is 12.5. The highest BCUT2D eigenvalue weighted by molar-refractivity contribution is 9.10. The van der Waals surface area contributed by atoms with Crippen molar-refractivity contribution in [3.8, 4) is 40.3 Å². The first-order valence-electron chi connectivity index (χ1n) is 15.4. The fourth-order valence-corrected chi connectivity index (χ4v) is 6.21. The number of rotatable bonds is 6. The van der Waals surface area contributed by atoms with E-state index in [1.807, 2.05) is 79.0 Å². The lowest BCUT2D eigenvalue weighted by molar-refractivity contribution is 0.449. The number of benzene rings is 5. The second-order valence-corrected chi connectivity index (χ2v) is 13.3. The minimum absolute atomic E-state index is 0.145. The van der Waals surface area contributed by atoms with Crippen molar-refractivity contribution in [3.05, 3.63) is 138 Å². The van der Waals surface area contributed by atoms with E-state index in [4.69, 9.17) is 13.9 Å². The number of halogens is 1. The summed E-state index contributed by atoms with van der Waals surface area (Å²) in [5.74, 6) is 4.19. The van der Waals surface area contributed by atoms with Gasteiger partial charge in [0.25, 0.3) is 0 Å². The summed E-state index contributed by atoms with van der Waals surface area (Å²) < 4.78 is 22.0. The molecule has 8 rings (SSSR count). The molecule has 0 fully saturated rings. The average molecular weight is 681 g/mol. The lowest BCUT2D eigenvalue weighted by atomic mass is 9.87. The number of fused-ring (bicyclic) bond motifs is 4. The molecule has 6 nitrogen and oxygen atoms in total. The van der Waals surface area contributed by atoms with Crippen LogP contribution < -0.4 is 9.47 Å². The molecule has 0 saturated heterocycles. The molecule has 0 bridgehead atoms. The van der Waals surface area contributed by atoms with Crippen molar-refractivity contribution in [1.29, 1.82) is 0 Å². The minimum Gasteiger partial charge on any atom is -0.456 e. The van der Waals surface area contributed by atoms with Crippen molar-refractivity contribution < 1.29 is 13.9 Å². The second kappa shape index (κ2) is 11.4. The number of hydrogen-bond donors (Lipinski definition) is 0. The van der Waals surface area contributed by atoms with Gasteiger partial charge in [0.15, 0.2) is 5.58 Å². The molecule has 47 heavy (non-hydrogen) atoms. The molecule has 0 atom stereocenters. The molecule has 3 heterocycles. The van der Waals surface area contributed by atoms with E-state index in [9.17, 15) is 0 Å². The van der Waals surface area contributed by atoms with Crippen molar-refractivity contribution in [1.82, 2.24) is 14.5 Å². The molecule has 0 aliphatic heterocycles. The van der Waals surface area contributed by atoms with Crippen LogP contribution in [0.5, 0.6) is 23.0 Å². The van der Waals surface area contributed by atoms with Crippen LogP contribution in [0.25, 0.3) is 50.2 Å². The number of para-hydroxylation sites is 3. The minimum atomic E-state index is -0.145. The lowest BCUT2D eigenvalue weighted by Gasteiger charge is -2.22. The van der Waals surface area contributed by atoms with Gasteiger partial charge in [-0.05, 0) is 112 Å². The first-order valence-corrected chi connectivity index (χ1v) is 16.2. The van der Waals surface area contributed by atoms with Gasteiger partial charge in [-0.1, -0.05) is 57.2 Å². The Morgan fingerprint density at radius 2 is 1.36 bits per heavy atom. The molecule has 0 spiro atoms. The molecule has 0 unspecified atom stereocenters. The van der Waals surface area contributed by atoms with Crippen LogP contribution in [0.1, 0.15) is 26.3 Å². The van der Waals surface area contributed by atoms with E-state index in [0.29, 0.717) is 23.1 Å². The summed E-state index contributed by atoms with van der Waals surface area (Å²) in [6.45, 7) is 6.53. The Kier molecular flexibility index (Phi) is 7.07. The van der Waals surface area contributed by atoms with Gasteiger partial charge < -0.3 is 13.9 Å². The number of aromatic nitrogens is 3. The predicted molar refractivity (Wildman–Crippen MR) is 191 cm³/mol. The van der Waals surface area contributed by atoms with Gasteiger partial charge in [0, 0.05) is 22.5 Å². The first kappa shape index (κ1) is 29.0. The SMILES string of the molecule is CC(C)(C)c1cc(Oc2ccc(-c3nc4ccccc4o3)cc2)c(Br)c(Oc2ccc3c(c2)c2ccccc2n3-c2ccccn2)c1. The third kappa shape index (κ3) is 5.42. The van der Waals surface area contributed by atoms with Crippen LogP contribution in [0.2, 0.25) is 0 Å². The van der Waals surface area contributed by atoms with Gasteiger partial charge in [-0.2, -0.15) is 0 Å². The maximum atomic E-state index is 6.63. The standard InChI is InChI=1S/C40H30BrN3O3/c1-40(2,3)26-22-35(45-27-17-15-25(16-18-27)39-43-31-11-5-7-13-34(31)47-39)38(41)36(23-26)46-28-19-20-33-30(24-28)29-10-4-6-12-32(29)44(33)37-14-8-9-21-42-37/h4-24H,1-3H3. The molecule has 230 valence electrons. The van der Waals surface area contributed by atoms with Crippen LogP contribution in [0.15, 0.2) is 136 Å². The number of oxazole rings is 1. The van der Waals surface area contributed by atoms with E-state index < -0.39 is 0 Å². The van der Waals surface area contributed by atoms with E-state index in [1.54, 1.807) is 0 Å². The Bertz CT molecular complexity index is 2370. The Morgan fingerprint density at radius 1 is 0.681 bits per heavy atom. The zero-order chi connectivity index (χ0) is 32.1. The van der Waals surface area contributed by atoms with Crippen LogP contribution in [-0.4, -0.2) is 14.5 Å². The number of pyridine rings is 1. The summed E-state index contributed by atoms with van der Waals surface area (Å²) in [7, 11) is 0. The van der Waals surface area contributed by atoms with Gasteiger partial charge in [0.05, 0.1) is 11.0 Å². The molecule has 0 aliphatic rings. The predicted octanol–water partition coefficient (Wildman–Crippen LogP) is 11.6. The van der Waals surface area contributed by atoms with Gasteiger partial charge in [0.1, 0.15) is 38.8 Å². The van der Waals surface area contributed by atoms with Crippen molar-refractivity contribution in [2.45, 2.75) is 26.2 Å². The molecule has 0 saturated carbocycles. The fourth-order valence-electron chi connectivity index (χ4n) is 5.82. The molecule has 0 N–H and O–H groups in total. The summed E-state index contributed by atoms with van der Waals surface area (Å²) in [4.78, 5) is 9.25. The van der Waals surface area contributed by atoms with Gasteiger partial charge >= 0.3 is 0 Å². The quantitative estimate of drug-likeness (QED) is 0.175. The molecule has 8 aromatic rings. The molecule has 5 aromatic carbocycles. The van der Waals surface area contributed by atoms with Crippen molar-refractivity contribution in [2.75, 3.05) is 0 Å². The van der Waals surface area contributed by atoms with E-state index in [0.717, 1.165) is 60.1 Å². The molecular weight excluding hydrogens is 650 g/mol. The average Bonchev–Trinajstić information content (AvgIpc) is 3.66. The third-order valence-corrected chi connectivity index (χ3v) is 9.03. The van der Waals surface area contributed by atoms with E-state index in [-0.39, 0.29) is 5.41 Å². The summed E-state index contributed by atoms with van der Waals surface area (Å²) in [6.07, 6.45) is 1.82. The highest BCUT2D eigenvalue weighted by Gasteiger charge is 2.21. The summed E-state index contributed by atoms with van der Waals surface area (Å²) in [5.41, 5.74) is 5.56. The van der Waals surface area contributed by atoms with E-state index in [1.165, 1.54) is 0 Å². The van der Waals surface area contributed by atoms with E-state index in [2.05, 4.69) is 99.8 Å². The topological polar surface area (TPSA) is 62.3 Å². The van der Waals surface area contributed by atoms with Crippen molar-refractivity contribution >= 4 is 48.8 Å². The van der Waals surface area contributed by atoms with Crippen LogP contribution in [0.3, 0.4) is 0 Å². The Balaban J connectivity index is 1.14. The third-order valence-electron chi connectivity index (χ3n) is 8.25. The Labute approximate surface area is 280 Å². The summed E-state index contributed by atoms with van der Waals surface area (Å²) in [6, 6.07) is 40.2. The molecule has 0 aliphatic carbocycles. The van der Waals surface area contributed by atoms with Crippen LogP contribution in [0, 0.1) is 0 Å². The fraction of sp³-hybridized carbons (Fsp3) is 0.100. The zero-order valence-corrected chi connectivity index (χ0v) is 27.7. The number of nitrogens with zero attached hydrogens (tertiary/aromatic N) is 3. The van der Waals surface area contributed by atoms with Gasteiger partial charge in [0.2, 0.25) is 5.89 Å². The Morgan fingerprint density at radius 3 is 2.11 bits per heavy atom. The molecular formula is C40H30BrN3O3. The Hall–Kier alpha value is -5.40. The summed E-state index contributed by atoms with van der Waals surface area (Å²) in [5, 5.41) is 2.22. The smallest absolute Gasteiger partial charge is 0.227 e. The van der Waals surface area contributed by atoms with Gasteiger partial charge in [-0.15, -0.1) is 0 Å². The van der Waals surface area contributed by atoms with Crippen LogP contribution >= 0.6 is 15.9 Å². The van der Waals surface area contributed by atoms with Crippen LogP contribution in [0.4, 0.5) is 0 Å².